The van der Waals surface area contributed by atoms with Crippen molar-refractivity contribution >= 4 is 34.9 Å². The van der Waals surface area contributed by atoms with Gasteiger partial charge in [-0.05, 0) is 61.6 Å². The molecule has 5 rings (SSSR count). The van der Waals surface area contributed by atoms with Crippen LogP contribution in [0.5, 0.6) is 5.75 Å². The van der Waals surface area contributed by atoms with Gasteiger partial charge in [-0.3, -0.25) is 14.4 Å². The second-order valence-electron chi connectivity index (χ2n) is 8.20. The highest BCUT2D eigenvalue weighted by Gasteiger charge is 2.60. The first-order chi connectivity index (χ1) is 14.4. The molecule has 1 heterocycles. The number of hydrogen-bond acceptors (Lipinski definition) is 4. The summed E-state index contributed by atoms with van der Waals surface area (Å²) in [5, 5.41) is 0.559. The fourth-order valence-electron chi connectivity index (χ4n) is 5.11. The number of allylic oxidation sites excluding steroid dienone is 2. The van der Waals surface area contributed by atoms with Gasteiger partial charge in [0.25, 0.3) is 0 Å². The molecule has 0 N–H and O–H groups in total. The van der Waals surface area contributed by atoms with Gasteiger partial charge in [0, 0.05) is 16.7 Å². The van der Waals surface area contributed by atoms with E-state index in [-0.39, 0.29) is 47.9 Å². The van der Waals surface area contributed by atoms with Crippen molar-refractivity contribution in [2.24, 2.45) is 23.7 Å². The normalized spacial score (nSPS) is 26.7. The van der Waals surface area contributed by atoms with E-state index in [1.807, 2.05) is 6.92 Å². The first kappa shape index (κ1) is 19.1. The average molecular weight is 422 g/mol. The third-order valence-corrected chi connectivity index (χ3v) is 6.74. The number of ketones is 1. The molecule has 2 aliphatic carbocycles. The zero-order valence-electron chi connectivity index (χ0n) is 16.4. The number of anilines is 1. The monoisotopic (exact) mass is 421 g/mol. The summed E-state index contributed by atoms with van der Waals surface area (Å²) in [7, 11) is 0. The topological polar surface area (TPSA) is 63.7 Å². The fourth-order valence-corrected chi connectivity index (χ4v) is 5.24. The van der Waals surface area contributed by atoms with E-state index in [1.54, 1.807) is 48.5 Å². The smallest absolute Gasteiger partial charge is 0.238 e. The van der Waals surface area contributed by atoms with Crippen LogP contribution in [0.1, 0.15) is 23.7 Å². The van der Waals surface area contributed by atoms with Crippen molar-refractivity contribution in [2.45, 2.75) is 13.3 Å². The lowest BCUT2D eigenvalue weighted by molar-refractivity contribution is -0.123. The largest absolute Gasteiger partial charge is 0.485 e. The first-order valence-corrected chi connectivity index (χ1v) is 10.4. The van der Waals surface area contributed by atoms with Crippen LogP contribution < -0.4 is 9.64 Å². The van der Waals surface area contributed by atoms with E-state index in [0.717, 1.165) is 6.42 Å². The van der Waals surface area contributed by atoms with Crippen LogP contribution in [0.3, 0.4) is 0 Å². The molecule has 4 atom stereocenters. The van der Waals surface area contributed by atoms with Gasteiger partial charge in [0.2, 0.25) is 11.8 Å². The van der Waals surface area contributed by atoms with Crippen LogP contribution in [0, 0.1) is 23.7 Å². The number of imide groups is 1. The molecule has 30 heavy (non-hydrogen) atoms. The fraction of sp³-hybridized carbons (Fsp3) is 0.292. The van der Waals surface area contributed by atoms with Crippen molar-refractivity contribution in [3.63, 3.8) is 0 Å². The molecule has 0 radical (unpaired) electrons. The van der Waals surface area contributed by atoms with Crippen molar-refractivity contribution in [1.82, 2.24) is 0 Å². The van der Waals surface area contributed by atoms with E-state index in [1.165, 1.54) is 10.5 Å². The van der Waals surface area contributed by atoms with Crippen LogP contribution in [0.15, 0.2) is 60.2 Å². The molecule has 1 saturated heterocycles. The lowest BCUT2D eigenvalue weighted by Gasteiger charge is -2.19. The number of carbonyl (C=O) groups is 3. The summed E-state index contributed by atoms with van der Waals surface area (Å²) in [6.07, 6.45) is 3.06. The number of Topliss-reactive ketones (excluding diaryl/α,β-unsaturated/α-hetero) is 1. The van der Waals surface area contributed by atoms with Crippen molar-refractivity contribution in [3.8, 4) is 5.75 Å². The van der Waals surface area contributed by atoms with Gasteiger partial charge in [-0.2, -0.15) is 0 Å². The summed E-state index contributed by atoms with van der Waals surface area (Å²) < 4.78 is 5.65. The molecule has 2 amide bonds. The number of benzene rings is 2. The summed E-state index contributed by atoms with van der Waals surface area (Å²) in [6.45, 7) is 1.90. The molecule has 6 heteroatoms. The summed E-state index contributed by atoms with van der Waals surface area (Å²) in [6, 6.07) is 13.4. The van der Waals surface area contributed by atoms with Gasteiger partial charge in [0.15, 0.2) is 12.4 Å². The predicted octanol–water partition coefficient (Wildman–Crippen LogP) is 4.30. The highest BCUT2D eigenvalue weighted by atomic mass is 35.5. The van der Waals surface area contributed by atoms with E-state index in [2.05, 4.69) is 6.08 Å². The highest BCUT2D eigenvalue weighted by Crippen LogP contribution is 2.55. The third-order valence-electron chi connectivity index (χ3n) is 6.49. The minimum atomic E-state index is -0.248. The summed E-state index contributed by atoms with van der Waals surface area (Å²) in [5.41, 5.74) is 2.22. The van der Waals surface area contributed by atoms with Crippen molar-refractivity contribution < 1.29 is 19.1 Å². The van der Waals surface area contributed by atoms with Crippen LogP contribution >= 0.6 is 11.6 Å². The molecule has 152 valence electrons. The van der Waals surface area contributed by atoms with Crippen LogP contribution in [-0.4, -0.2) is 24.2 Å². The van der Waals surface area contributed by atoms with Gasteiger partial charge < -0.3 is 4.74 Å². The zero-order chi connectivity index (χ0) is 21.0. The van der Waals surface area contributed by atoms with E-state index < -0.39 is 0 Å². The Morgan fingerprint density at radius 2 is 1.83 bits per heavy atom. The molecule has 0 aromatic heterocycles. The van der Waals surface area contributed by atoms with Crippen LogP contribution in [0.4, 0.5) is 5.69 Å². The quantitative estimate of drug-likeness (QED) is 0.410. The molecule has 2 fully saturated rings. The van der Waals surface area contributed by atoms with E-state index in [0.29, 0.717) is 22.0 Å². The molecular formula is C24H20ClNO4. The Morgan fingerprint density at radius 1 is 1.10 bits per heavy atom. The Labute approximate surface area is 179 Å². The number of rotatable bonds is 5. The first-order valence-electron chi connectivity index (χ1n) is 10.0. The molecule has 2 aromatic rings. The van der Waals surface area contributed by atoms with Gasteiger partial charge in [0.05, 0.1) is 17.5 Å². The molecule has 1 saturated carbocycles. The number of carbonyl (C=O) groups excluding carboxylic acids is 3. The average Bonchev–Trinajstić information content (AvgIpc) is 3.37. The van der Waals surface area contributed by atoms with Crippen molar-refractivity contribution in [1.29, 1.82) is 0 Å². The maximum absolute atomic E-state index is 13.1. The van der Waals surface area contributed by atoms with Crippen molar-refractivity contribution in [3.05, 3.63) is 70.8 Å². The van der Waals surface area contributed by atoms with Gasteiger partial charge in [-0.1, -0.05) is 29.3 Å². The summed E-state index contributed by atoms with van der Waals surface area (Å²) >= 11 is 5.85. The summed E-state index contributed by atoms with van der Waals surface area (Å²) in [4.78, 5) is 39.8. The van der Waals surface area contributed by atoms with Gasteiger partial charge in [-0.15, -0.1) is 0 Å². The Bertz CT molecular complexity index is 1090. The van der Waals surface area contributed by atoms with Gasteiger partial charge >= 0.3 is 0 Å². The lowest BCUT2D eigenvalue weighted by atomic mass is 9.82. The Balaban J connectivity index is 1.32. The Morgan fingerprint density at radius 3 is 2.60 bits per heavy atom. The maximum atomic E-state index is 13.1. The van der Waals surface area contributed by atoms with E-state index in [4.69, 9.17) is 16.3 Å². The SMILES string of the molecule is CC1=C[C@@H]2C[C@H]1[C@@H]1C(=O)N(c3cccc(OCC(=O)c4ccc(Cl)cc4)c3)C(=O)[C@H]12. The molecule has 3 aliphatic rings. The molecule has 1 aliphatic heterocycles. The molecule has 2 aromatic carbocycles. The molecular weight excluding hydrogens is 402 g/mol. The Hall–Kier alpha value is -2.92. The maximum Gasteiger partial charge on any atom is 0.238 e. The molecule has 5 nitrogen and oxygen atoms in total. The number of fused-ring (bicyclic) bond motifs is 5. The lowest BCUT2D eigenvalue weighted by Crippen LogP contribution is -2.32. The van der Waals surface area contributed by atoms with Crippen LogP contribution in [-0.2, 0) is 9.59 Å². The Kier molecular flexibility index (Phi) is 4.51. The zero-order valence-corrected chi connectivity index (χ0v) is 17.1. The number of amides is 2. The molecule has 0 spiro atoms. The number of halogens is 1. The minimum Gasteiger partial charge on any atom is -0.485 e. The number of nitrogens with zero attached hydrogens (tertiary/aromatic N) is 1. The third kappa shape index (κ3) is 2.96. The second-order valence-corrected chi connectivity index (χ2v) is 8.63. The van der Waals surface area contributed by atoms with Crippen LogP contribution in [0.25, 0.3) is 0 Å². The standard InChI is InChI=1S/C24H20ClNO4/c1-13-9-15-10-19(13)22-21(15)23(28)26(24(22)29)17-3-2-4-18(11-17)30-12-20(27)14-5-7-16(25)8-6-14/h2-9,11,15,19,21-22H,10,12H2,1H3/t15-,19-,21+,22+/m1/s1. The van der Waals surface area contributed by atoms with E-state index in [9.17, 15) is 14.4 Å². The predicted molar refractivity (Wildman–Crippen MR) is 113 cm³/mol. The summed E-state index contributed by atoms with van der Waals surface area (Å²) in [5.74, 6) is -0.153. The van der Waals surface area contributed by atoms with Crippen LogP contribution in [0.2, 0.25) is 5.02 Å². The van der Waals surface area contributed by atoms with Gasteiger partial charge in [-0.25, -0.2) is 4.90 Å². The second kappa shape index (κ2) is 7.10. The highest BCUT2D eigenvalue weighted by molar-refractivity contribution is 6.30. The van der Waals surface area contributed by atoms with Gasteiger partial charge in [0.1, 0.15) is 5.75 Å². The molecule has 2 bridgehead atoms. The number of hydrogen-bond donors (Lipinski definition) is 0. The van der Waals surface area contributed by atoms with Crippen molar-refractivity contribution in [2.75, 3.05) is 11.5 Å². The van der Waals surface area contributed by atoms with E-state index >= 15 is 0 Å². The molecule has 0 unspecified atom stereocenters. The minimum absolute atomic E-state index is 0.126. The number of ether oxygens (including phenoxy) is 1.